The van der Waals surface area contributed by atoms with Crippen molar-refractivity contribution in [2.45, 2.75) is 167 Å². The first kappa shape index (κ1) is 37.6. The second-order valence-corrected chi connectivity index (χ2v) is 14.5. The Bertz CT molecular complexity index is 977. The lowest BCUT2D eigenvalue weighted by atomic mass is 9.93. The zero-order valence-electron chi connectivity index (χ0n) is 27.8. The van der Waals surface area contributed by atoms with Crippen molar-refractivity contribution >= 4 is 43.7 Å². The van der Waals surface area contributed by atoms with Crippen LogP contribution in [0.3, 0.4) is 0 Å². The average molecular weight is 753 g/mol. The largest absolute Gasteiger partial charge is 0.369 e. The van der Waals surface area contributed by atoms with Gasteiger partial charge in [0.2, 0.25) is 11.8 Å². The molecular weight excluding hydrogens is 700 g/mol. The summed E-state index contributed by atoms with van der Waals surface area (Å²) in [6.45, 7) is 19.0. The zero-order chi connectivity index (χ0) is 33.0. The summed E-state index contributed by atoms with van der Waals surface area (Å²) in [5, 5.41) is 5.96. The van der Waals surface area contributed by atoms with E-state index in [2.05, 4.69) is 70.2 Å². The molecule has 0 bridgehead atoms. The van der Waals surface area contributed by atoms with E-state index in [1.807, 2.05) is 39.8 Å². The van der Waals surface area contributed by atoms with E-state index in [1.54, 1.807) is 0 Å². The third kappa shape index (κ3) is 9.59. The molecule has 2 fully saturated rings. The van der Waals surface area contributed by atoms with Gasteiger partial charge in [0.05, 0.1) is 36.5 Å². The van der Waals surface area contributed by atoms with Crippen molar-refractivity contribution in [3.63, 3.8) is 0 Å². The van der Waals surface area contributed by atoms with Crippen LogP contribution in [-0.4, -0.2) is 84.3 Å². The fourth-order valence-corrected chi connectivity index (χ4v) is 7.30. The minimum Gasteiger partial charge on any atom is -0.369 e. The molecule has 12 heteroatoms. The third-order valence-corrected chi connectivity index (χ3v) is 9.56. The Morgan fingerprint density at radius 1 is 0.705 bits per heavy atom. The maximum atomic E-state index is 11.6. The Morgan fingerprint density at radius 2 is 1.02 bits per heavy atom. The van der Waals surface area contributed by atoms with Gasteiger partial charge in [0.15, 0.2) is 11.6 Å². The molecule has 4 rings (SSSR count). The summed E-state index contributed by atoms with van der Waals surface area (Å²) in [6, 6.07) is -0.516. The van der Waals surface area contributed by atoms with Crippen LogP contribution in [0.1, 0.15) is 94.9 Å². The van der Waals surface area contributed by atoms with Gasteiger partial charge >= 0.3 is 0 Å². The van der Waals surface area contributed by atoms with Crippen molar-refractivity contribution < 1.29 is 38.0 Å². The van der Waals surface area contributed by atoms with Crippen LogP contribution in [0.25, 0.3) is 0 Å². The molecule has 0 spiro atoms. The van der Waals surface area contributed by atoms with Gasteiger partial charge in [0.1, 0.15) is 24.4 Å². The molecule has 2 aliphatic heterocycles. The molecule has 0 aromatic carbocycles. The predicted octanol–water partition coefficient (Wildman–Crippen LogP) is 5.75. The molecular formula is C32H52Br2N2O8. The van der Waals surface area contributed by atoms with Gasteiger partial charge in [-0.1, -0.05) is 59.6 Å². The Hall–Kier alpha value is -0.860. The lowest BCUT2D eigenvalue weighted by Gasteiger charge is -2.37. The maximum absolute atomic E-state index is 11.6. The van der Waals surface area contributed by atoms with Gasteiger partial charge in [-0.25, -0.2) is 0 Å². The summed E-state index contributed by atoms with van der Waals surface area (Å²) in [4.78, 5) is 23.2. The first-order valence-electron chi connectivity index (χ1n) is 15.8. The van der Waals surface area contributed by atoms with E-state index in [0.29, 0.717) is 0 Å². The topological polar surface area (TPSA) is 114 Å². The molecule has 4 aliphatic rings. The molecule has 2 heterocycles. The number of carbonyl (C=O) groups excluding carboxylic acids is 2. The summed E-state index contributed by atoms with van der Waals surface area (Å²) in [5.74, 6) is -1.55. The highest BCUT2D eigenvalue weighted by molar-refractivity contribution is 9.12. The number of nitrogens with one attached hydrogen (secondary N) is 2. The summed E-state index contributed by atoms with van der Waals surface area (Å²) >= 11 is 7.16. The van der Waals surface area contributed by atoms with Crippen LogP contribution in [0.5, 0.6) is 0 Å². The van der Waals surface area contributed by atoms with E-state index < -0.39 is 11.6 Å². The van der Waals surface area contributed by atoms with Crippen molar-refractivity contribution in [2.24, 2.45) is 0 Å². The number of carbonyl (C=O) groups is 2. The average Bonchev–Trinajstić information content (AvgIpc) is 3.45. The number of halogens is 2. The Labute approximate surface area is 279 Å². The minimum absolute atomic E-state index is 0.0957. The number of ether oxygens (including phenoxy) is 6. The highest BCUT2D eigenvalue weighted by Gasteiger charge is 2.53. The molecule has 2 aliphatic carbocycles. The first-order chi connectivity index (χ1) is 20.5. The normalized spacial score (nSPS) is 33.5. The van der Waals surface area contributed by atoms with E-state index in [1.165, 1.54) is 13.8 Å². The zero-order valence-corrected chi connectivity index (χ0v) is 31.0. The van der Waals surface area contributed by atoms with E-state index in [0.717, 1.165) is 34.6 Å². The molecule has 2 amide bonds. The van der Waals surface area contributed by atoms with Gasteiger partial charge in [-0.3, -0.25) is 9.59 Å². The van der Waals surface area contributed by atoms with Gasteiger partial charge in [0.25, 0.3) is 0 Å². The predicted molar refractivity (Wildman–Crippen MR) is 175 cm³/mol. The molecule has 0 aromatic heterocycles. The van der Waals surface area contributed by atoms with Gasteiger partial charge in [-0.2, -0.15) is 0 Å². The van der Waals surface area contributed by atoms with Crippen molar-refractivity contribution in [2.75, 3.05) is 0 Å². The van der Waals surface area contributed by atoms with E-state index >= 15 is 0 Å². The SMILES string of the molecule is CCC(CC)O[C@@H]1C=C(Br)[C@H]2OC(C)(C)O[C@H]2[C@H]1NC(C)=O.CCC(CC)O[C@H]1C=C(Br)[C@H]2OC(C)(C)O[C@H]2[C@H]1NC(C)=O. The lowest BCUT2D eigenvalue weighted by Crippen LogP contribution is -2.57. The second kappa shape index (κ2) is 15.8. The van der Waals surface area contributed by atoms with Crippen LogP contribution >= 0.6 is 31.9 Å². The van der Waals surface area contributed by atoms with Crippen molar-refractivity contribution in [3.8, 4) is 0 Å². The summed E-state index contributed by atoms with van der Waals surface area (Å²) in [6.07, 6.45) is 6.60. The van der Waals surface area contributed by atoms with Crippen LogP contribution in [0.15, 0.2) is 21.1 Å². The van der Waals surface area contributed by atoms with Crippen LogP contribution in [0.2, 0.25) is 0 Å². The Kier molecular flexibility index (Phi) is 13.5. The third-order valence-electron chi connectivity index (χ3n) is 8.12. The van der Waals surface area contributed by atoms with Gasteiger partial charge in [-0.05, 0) is 65.5 Å². The number of fused-ring (bicyclic) bond motifs is 2. The number of amides is 2. The van der Waals surface area contributed by atoms with Crippen LogP contribution in [0, 0.1) is 0 Å². The first-order valence-corrected chi connectivity index (χ1v) is 17.4. The molecule has 0 radical (unpaired) electrons. The van der Waals surface area contributed by atoms with Gasteiger partial charge in [-0.15, -0.1) is 0 Å². The van der Waals surface area contributed by atoms with Crippen LogP contribution < -0.4 is 10.6 Å². The van der Waals surface area contributed by atoms with E-state index in [4.69, 9.17) is 28.4 Å². The second-order valence-electron chi connectivity index (χ2n) is 12.7. The van der Waals surface area contributed by atoms with E-state index in [-0.39, 0.29) is 72.7 Å². The van der Waals surface area contributed by atoms with Crippen molar-refractivity contribution in [1.29, 1.82) is 0 Å². The highest BCUT2D eigenvalue weighted by atomic mass is 79.9. The molecule has 8 atom stereocenters. The lowest BCUT2D eigenvalue weighted by molar-refractivity contribution is -0.151. The minimum atomic E-state index is -0.678. The molecule has 252 valence electrons. The summed E-state index contributed by atoms with van der Waals surface area (Å²) in [5.41, 5.74) is 0. The van der Waals surface area contributed by atoms with Crippen LogP contribution in [0.4, 0.5) is 0 Å². The monoisotopic (exact) mass is 750 g/mol. The Balaban J connectivity index is 0.000000240. The molecule has 10 nitrogen and oxygen atoms in total. The van der Waals surface area contributed by atoms with Crippen molar-refractivity contribution in [3.05, 3.63) is 21.1 Å². The number of hydrogen-bond acceptors (Lipinski definition) is 8. The fraction of sp³-hybridized carbons (Fsp3) is 0.812. The standard InChI is InChI=1S/2C16H26BrNO4/c2*1-6-10(7-2)20-12-8-11(17)14-15(13(12)18-9(3)19)22-16(4,5)21-14/h2*8,10,12-15H,6-7H2,1-5H3,(H,18,19)/t12-,13+,14-,15+;12-,13-,14+,15-/m10/s1. The highest BCUT2D eigenvalue weighted by Crippen LogP contribution is 2.42. The number of rotatable bonds is 10. The molecule has 2 N–H and O–H groups in total. The summed E-state index contributed by atoms with van der Waals surface area (Å²) < 4.78 is 38.2. The quantitative estimate of drug-likeness (QED) is 0.290. The van der Waals surface area contributed by atoms with Crippen molar-refractivity contribution in [1.82, 2.24) is 10.6 Å². The van der Waals surface area contributed by atoms with Gasteiger partial charge < -0.3 is 39.1 Å². The smallest absolute Gasteiger partial charge is 0.217 e. The molecule has 0 unspecified atom stereocenters. The molecule has 44 heavy (non-hydrogen) atoms. The summed E-state index contributed by atoms with van der Waals surface area (Å²) in [7, 11) is 0. The van der Waals surface area contributed by atoms with Gasteiger partial charge in [0, 0.05) is 22.8 Å². The maximum Gasteiger partial charge on any atom is 0.217 e. The molecule has 2 saturated heterocycles. The van der Waals surface area contributed by atoms with E-state index in [9.17, 15) is 9.59 Å². The molecule has 0 aromatic rings. The van der Waals surface area contributed by atoms with Crippen LogP contribution in [-0.2, 0) is 38.0 Å². The fourth-order valence-electron chi connectivity index (χ4n) is 6.07. The Morgan fingerprint density at radius 3 is 1.30 bits per heavy atom. The molecule has 0 saturated carbocycles. The number of hydrogen-bond donors (Lipinski definition) is 2.